The van der Waals surface area contributed by atoms with Crippen LogP contribution in [0, 0.1) is 0 Å². The highest BCUT2D eigenvalue weighted by molar-refractivity contribution is 7.80. The summed E-state index contributed by atoms with van der Waals surface area (Å²) in [5.41, 5.74) is 7.32. The van der Waals surface area contributed by atoms with Gasteiger partial charge in [0.15, 0.2) is 5.05 Å². The van der Waals surface area contributed by atoms with Gasteiger partial charge in [-0.15, -0.1) is 0 Å². The van der Waals surface area contributed by atoms with Crippen molar-refractivity contribution in [2.24, 2.45) is 0 Å². The van der Waals surface area contributed by atoms with Crippen molar-refractivity contribution in [3.8, 4) is 0 Å². The van der Waals surface area contributed by atoms with Crippen LogP contribution >= 0.6 is 23.8 Å². The lowest BCUT2D eigenvalue weighted by Crippen LogP contribution is -2.37. The lowest BCUT2D eigenvalue weighted by molar-refractivity contribution is 0.146. The molecule has 28 heavy (non-hydrogen) atoms. The number of carbonyl (C=O) groups excluding carboxylic acids is 1. The van der Waals surface area contributed by atoms with E-state index in [4.69, 9.17) is 33.5 Å². The third-order valence-corrected chi connectivity index (χ3v) is 5.66. The molecule has 0 saturated carbocycles. The first kappa shape index (κ1) is 19.1. The molecule has 4 nitrogen and oxygen atoms in total. The van der Waals surface area contributed by atoms with Crippen LogP contribution in [0.25, 0.3) is 5.57 Å². The van der Waals surface area contributed by atoms with Gasteiger partial charge in [-0.25, -0.2) is 4.79 Å². The molecular weight excluding hydrogens is 392 g/mol. The predicted molar refractivity (Wildman–Crippen MR) is 115 cm³/mol. The number of ether oxygens (including phenoxy) is 1. The van der Waals surface area contributed by atoms with Crippen LogP contribution in [0.2, 0.25) is 5.02 Å². The molecule has 1 fully saturated rings. The maximum Gasteiger partial charge on any atom is 0.415 e. The van der Waals surface area contributed by atoms with Gasteiger partial charge in [0, 0.05) is 36.8 Å². The molecule has 1 aromatic heterocycles. The van der Waals surface area contributed by atoms with E-state index in [9.17, 15) is 4.79 Å². The average molecular weight is 413 g/mol. The Morgan fingerprint density at radius 1 is 1.14 bits per heavy atom. The number of benzene rings is 1. The van der Waals surface area contributed by atoms with Crippen molar-refractivity contribution in [3.05, 3.63) is 69.5 Å². The molecule has 0 bridgehead atoms. The van der Waals surface area contributed by atoms with Crippen LogP contribution in [0.4, 0.5) is 4.79 Å². The molecule has 144 valence electrons. The highest BCUT2D eigenvalue weighted by Gasteiger charge is 2.27. The molecular formula is C22H21ClN2O2S. The Balaban J connectivity index is 1.73. The third kappa shape index (κ3) is 3.82. The van der Waals surface area contributed by atoms with Gasteiger partial charge in [0.2, 0.25) is 0 Å². The zero-order chi connectivity index (χ0) is 19.7. The Hall–Kier alpha value is -2.24. The second-order valence-electron chi connectivity index (χ2n) is 7.14. The Morgan fingerprint density at radius 2 is 1.89 bits per heavy atom. The number of amides is 1. The molecule has 1 aliphatic carbocycles. The van der Waals surface area contributed by atoms with Gasteiger partial charge >= 0.3 is 6.09 Å². The van der Waals surface area contributed by atoms with Crippen LogP contribution in [-0.4, -0.2) is 34.1 Å². The fourth-order valence-corrected chi connectivity index (χ4v) is 4.30. The monoisotopic (exact) mass is 412 g/mol. The van der Waals surface area contributed by atoms with Crippen LogP contribution < -0.4 is 0 Å². The minimum atomic E-state index is -0.358. The van der Waals surface area contributed by atoms with Crippen molar-refractivity contribution in [3.63, 3.8) is 0 Å². The first-order valence-electron chi connectivity index (χ1n) is 9.45. The molecule has 0 radical (unpaired) electrons. The minimum Gasteiger partial charge on any atom is -0.403 e. The lowest BCUT2D eigenvalue weighted by Gasteiger charge is -2.29. The zero-order valence-corrected chi connectivity index (χ0v) is 17.3. The summed E-state index contributed by atoms with van der Waals surface area (Å²) in [6.45, 7) is 2.84. The summed E-state index contributed by atoms with van der Waals surface area (Å²) in [4.78, 5) is 18.6. The molecule has 2 heterocycles. The standard InChI is InChI=1S/C22H21ClN2O2S/c1-14(28)27-22(26)25-11-8-15(9-12-25)20-19-7-6-18(23)13-17(19)5-4-16-3-2-10-24-21(16)20/h2-3,6-7,10,13H,4-5,8-9,11-12H2,1H3. The number of pyridine rings is 1. The highest BCUT2D eigenvalue weighted by Crippen LogP contribution is 2.38. The van der Waals surface area contributed by atoms with Gasteiger partial charge in [-0.1, -0.05) is 29.3 Å². The SMILES string of the molecule is CC(=S)OC(=O)N1CCC(=C2c3ccc(Cl)cc3CCc3cccnc32)CC1. The maximum atomic E-state index is 12.2. The second-order valence-corrected chi connectivity index (χ2v) is 8.15. The van der Waals surface area contributed by atoms with Crippen molar-refractivity contribution in [2.75, 3.05) is 13.1 Å². The van der Waals surface area contributed by atoms with E-state index in [2.05, 4.69) is 18.2 Å². The molecule has 2 aromatic rings. The normalized spacial score (nSPS) is 16.1. The van der Waals surface area contributed by atoms with Gasteiger partial charge in [-0.05, 0) is 72.8 Å². The number of rotatable bonds is 0. The van der Waals surface area contributed by atoms with E-state index in [-0.39, 0.29) is 11.1 Å². The van der Waals surface area contributed by atoms with Crippen molar-refractivity contribution < 1.29 is 9.53 Å². The number of piperidine rings is 1. The Morgan fingerprint density at radius 3 is 2.64 bits per heavy atom. The summed E-state index contributed by atoms with van der Waals surface area (Å²) < 4.78 is 5.09. The molecule has 1 saturated heterocycles. The lowest BCUT2D eigenvalue weighted by atomic mass is 9.88. The third-order valence-electron chi connectivity index (χ3n) is 5.34. The number of carbonyl (C=O) groups is 1. The fourth-order valence-electron chi connectivity index (χ4n) is 4.03. The van der Waals surface area contributed by atoms with Gasteiger partial charge in [0.05, 0.1) is 5.69 Å². The Kier molecular flexibility index (Phi) is 5.47. The summed E-state index contributed by atoms with van der Waals surface area (Å²) in [5, 5.41) is 1.01. The van der Waals surface area contributed by atoms with Crippen molar-refractivity contribution in [1.82, 2.24) is 9.88 Å². The number of thiocarbonyl (C=S) groups is 1. The number of hydrogen-bond donors (Lipinski definition) is 0. The van der Waals surface area contributed by atoms with Gasteiger partial charge in [-0.2, -0.15) is 0 Å². The summed E-state index contributed by atoms with van der Waals surface area (Å²) in [6.07, 6.45) is 4.97. The molecule has 1 amide bonds. The van der Waals surface area contributed by atoms with Crippen LogP contribution in [0.5, 0.6) is 0 Å². The van der Waals surface area contributed by atoms with Crippen molar-refractivity contribution in [1.29, 1.82) is 0 Å². The van der Waals surface area contributed by atoms with E-state index in [1.807, 2.05) is 18.3 Å². The van der Waals surface area contributed by atoms with Gasteiger partial charge < -0.3 is 9.64 Å². The number of nitrogens with zero attached hydrogens (tertiary/aromatic N) is 2. The number of halogens is 1. The van der Waals surface area contributed by atoms with Crippen LogP contribution in [0.1, 0.15) is 42.1 Å². The van der Waals surface area contributed by atoms with E-state index < -0.39 is 0 Å². The number of likely N-dealkylation sites (tertiary alicyclic amines) is 1. The molecule has 0 unspecified atom stereocenters. The zero-order valence-electron chi connectivity index (χ0n) is 15.7. The number of aryl methyl sites for hydroxylation is 2. The van der Waals surface area contributed by atoms with Crippen LogP contribution in [0.3, 0.4) is 0 Å². The van der Waals surface area contributed by atoms with Gasteiger partial charge in [0.25, 0.3) is 0 Å². The smallest absolute Gasteiger partial charge is 0.403 e. The molecule has 6 heteroatoms. The summed E-state index contributed by atoms with van der Waals surface area (Å²) in [7, 11) is 0. The van der Waals surface area contributed by atoms with Crippen LogP contribution in [0.15, 0.2) is 42.1 Å². The largest absolute Gasteiger partial charge is 0.415 e. The molecule has 2 aliphatic rings. The van der Waals surface area contributed by atoms with E-state index in [1.165, 1.54) is 27.8 Å². The number of hydrogen-bond acceptors (Lipinski definition) is 4. The summed E-state index contributed by atoms with van der Waals surface area (Å²) in [5.74, 6) is 0. The molecule has 0 atom stereocenters. The number of fused-ring (bicyclic) bond motifs is 2. The Labute approximate surface area is 175 Å². The van der Waals surface area contributed by atoms with Gasteiger partial charge in [-0.3, -0.25) is 4.98 Å². The summed E-state index contributed by atoms with van der Waals surface area (Å²) >= 11 is 11.2. The van der Waals surface area contributed by atoms with Gasteiger partial charge in [0.1, 0.15) is 0 Å². The second kappa shape index (κ2) is 8.02. The summed E-state index contributed by atoms with van der Waals surface area (Å²) in [6, 6.07) is 10.3. The van der Waals surface area contributed by atoms with Crippen molar-refractivity contribution >= 4 is 40.5 Å². The van der Waals surface area contributed by atoms with E-state index in [0.717, 1.165) is 36.4 Å². The molecule has 4 rings (SSSR count). The molecule has 1 aliphatic heterocycles. The molecule has 1 aromatic carbocycles. The molecule has 0 spiro atoms. The topological polar surface area (TPSA) is 42.4 Å². The minimum absolute atomic E-state index is 0.252. The molecule has 0 N–H and O–H groups in total. The quantitative estimate of drug-likeness (QED) is 0.556. The van der Waals surface area contributed by atoms with E-state index >= 15 is 0 Å². The highest BCUT2D eigenvalue weighted by atomic mass is 35.5. The first-order chi connectivity index (χ1) is 13.5. The fraction of sp³-hybridized carbons (Fsp3) is 0.318. The van der Waals surface area contributed by atoms with Crippen molar-refractivity contribution in [2.45, 2.75) is 32.6 Å². The maximum absolute atomic E-state index is 12.2. The van der Waals surface area contributed by atoms with Crippen LogP contribution in [-0.2, 0) is 17.6 Å². The average Bonchev–Trinajstić information content (AvgIpc) is 2.84. The first-order valence-corrected chi connectivity index (χ1v) is 10.2. The van der Waals surface area contributed by atoms with E-state index in [1.54, 1.807) is 11.8 Å². The predicted octanol–water partition coefficient (Wildman–Crippen LogP) is 5.22. The Bertz CT molecular complexity index is 976. The van der Waals surface area contributed by atoms with E-state index in [0.29, 0.717) is 13.1 Å². The number of aromatic nitrogens is 1.